The van der Waals surface area contributed by atoms with Crippen LogP contribution in [0, 0.1) is 10.1 Å². The van der Waals surface area contributed by atoms with Crippen LogP contribution in [0.3, 0.4) is 0 Å². The van der Waals surface area contributed by atoms with E-state index < -0.39 is 10.8 Å². The van der Waals surface area contributed by atoms with Gasteiger partial charge in [0.25, 0.3) is 5.69 Å². The summed E-state index contributed by atoms with van der Waals surface area (Å²) < 4.78 is 0. The first-order chi connectivity index (χ1) is 6.02. The topological polar surface area (TPSA) is 86.2 Å². The van der Waals surface area contributed by atoms with E-state index in [1.54, 1.807) is 0 Å². The lowest BCUT2D eigenvalue weighted by Crippen LogP contribution is -2.10. The largest absolute Gasteiger partial charge is 0.366 e. The molecule has 0 radical (unpaired) electrons. The fourth-order valence-corrected chi connectivity index (χ4v) is 1.06. The van der Waals surface area contributed by atoms with Crippen molar-refractivity contribution in [2.75, 3.05) is 0 Å². The molecule has 0 saturated heterocycles. The average molecular weight is 201 g/mol. The van der Waals surface area contributed by atoms with E-state index in [1.165, 1.54) is 12.1 Å². The Labute approximate surface area is 78.3 Å². The van der Waals surface area contributed by atoms with E-state index in [2.05, 4.69) is 0 Å². The normalized spacial score (nSPS) is 9.62. The third-order valence-corrected chi connectivity index (χ3v) is 1.73. The number of nitrogens with two attached hydrogens (primary N) is 1. The highest BCUT2D eigenvalue weighted by Crippen LogP contribution is 2.24. The summed E-state index contributed by atoms with van der Waals surface area (Å²) in [5.74, 6) is -0.670. The lowest BCUT2D eigenvalue weighted by molar-refractivity contribution is -0.384. The van der Waals surface area contributed by atoms with Gasteiger partial charge in [-0.05, 0) is 12.1 Å². The number of nitrogens with zero attached hydrogens (tertiary/aromatic N) is 1. The Morgan fingerprint density at radius 1 is 1.54 bits per heavy atom. The Kier molecular flexibility index (Phi) is 2.48. The maximum Gasteiger partial charge on any atom is 0.287 e. The molecule has 1 amide bonds. The number of carbonyl (C=O) groups excluding carboxylic acids is 1. The van der Waals surface area contributed by atoms with Crippen molar-refractivity contribution in [2.24, 2.45) is 5.73 Å². The molecule has 0 unspecified atom stereocenters. The Morgan fingerprint density at radius 2 is 2.15 bits per heavy atom. The first-order valence-corrected chi connectivity index (χ1v) is 3.64. The number of nitro benzene ring substituents is 1. The number of nitro groups is 1. The van der Waals surface area contributed by atoms with E-state index in [1.807, 2.05) is 0 Å². The average Bonchev–Trinajstić information content (AvgIpc) is 2.03. The summed E-state index contributed by atoms with van der Waals surface area (Å²) in [7, 11) is 0. The standard InChI is InChI=1S/C7H5ClN2O3/c8-5-3-4(7(9)11)1-2-6(5)10(12)13/h1-3H,(H2,9,11). The van der Waals surface area contributed by atoms with Crippen molar-refractivity contribution in [1.82, 2.24) is 0 Å². The molecule has 2 N–H and O–H groups in total. The Hall–Kier alpha value is -1.62. The van der Waals surface area contributed by atoms with Gasteiger partial charge in [-0.3, -0.25) is 14.9 Å². The second-order valence-corrected chi connectivity index (χ2v) is 2.69. The first-order valence-electron chi connectivity index (χ1n) is 3.26. The van der Waals surface area contributed by atoms with Gasteiger partial charge in [0.1, 0.15) is 5.02 Å². The van der Waals surface area contributed by atoms with E-state index in [4.69, 9.17) is 17.3 Å². The minimum Gasteiger partial charge on any atom is -0.366 e. The number of carbonyl (C=O) groups is 1. The number of amides is 1. The molecule has 6 heteroatoms. The molecule has 0 aliphatic carbocycles. The van der Waals surface area contributed by atoms with Gasteiger partial charge in [-0.1, -0.05) is 11.6 Å². The summed E-state index contributed by atoms with van der Waals surface area (Å²) in [6, 6.07) is 3.57. The molecule has 0 bridgehead atoms. The fourth-order valence-electron chi connectivity index (χ4n) is 0.808. The van der Waals surface area contributed by atoms with Crippen molar-refractivity contribution in [3.63, 3.8) is 0 Å². The fraction of sp³-hybridized carbons (Fsp3) is 0. The van der Waals surface area contributed by atoms with Crippen molar-refractivity contribution < 1.29 is 9.72 Å². The third-order valence-electron chi connectivity index (χ3n) is 1.43. The van der Waals surface area contributed by atoms with Crippen molar-refractivity contribution in [3.8, 4) is 0 Å². The van der Waals surface area contributed by atoms with Crippen molar-refractivity contribution in [2.45, 2.75) is 0 Å². The van der Waals surface area contributed by atoms with Crippen LogP contribution >= 0.6 is 11.6 Å². The zero-order chi connectivity index (χ0) is 10.0. The molecule has 0 heterocycles. The van der Waals surface area contributed by atoms with E-state index in [0.717, 1.165) is 6.07 Å². The number of halogens is 1. The van der Waals surface area contributed by atoms with Gasteiger partial charge in [0.15, 0.2) is 0 Å². The number of primary amides is 1. The lowest BCUT2D eigenvalue weighted by atomic mass is 10.2. The molecule has 0 spiro atoms. The maximum absolute atomic E-state index is 10.6. The monoisotopic (exact) mass is 200 g/mol. The molecule has 0 aliphatic rings. The molecule has 0 aromatic heterocycles. The molecule has 1 aromatic carbocycles. The van der Waals surface area contributed by atoms with Crippen LogP contribution in [0.25, 0.3) is 0 Å². The molecule has 1 rings (SSSR count). The minimum atomic E-state index is -0.670. The van der Waals surface area contributed by atoms with E-state index in [-0.39, 0.29) is 16.3 Å². The molecule has 0 saturated carbocycles. The van der Waals surface area contributed by atoms with Crippen LogP contribution in [0.5, 0.6) is 0 Å². The quantitative estimate of drug-likeness (QED) is 0.577. The second-order valence-electron chi connectivity index (χ2n) is 2.29. The van der Waals surface area contributed by atoms with Gasteiger partial charge < -0.3 is 5.73 Å². The zero-order valence-electron chi connectivity index (χ0n) is 6.36. The van der Waals surface area contributed by atoms with Gasteiger partial charge in [-0.2, -0.15) is 0 Å². The predicted octanol–water partition coefficient (Wildman–Crippen LogP) is 1.35. The summed E-state index contributed by atoms with van der Waals surface area (Å²) in [5, 5.41) is 10.2. The summed E-state index contributed by atoms with van der Waals surface area (Å²) in [5.41, 5.74) is 4.85. The first kappa shape index (κ1) is 9.47. The molecular weight excluding hydrogens is 196 g/mol. The Bertz CT molecular complexity index is 378. The van der Waals surface area contributed by atoms with Crippen LogP contribution in [0.15, 0.2) is 18.2 Å². The Balaban J connectivity index is 3.20. The zero-order valence-corrected chi connectivity index (χ0v) is 7.12. The van der Waals surface area contributed by atoms with Gasteiger partial charge in [0.2, 0.25) is 5.91 Å². The van der Waals surface area contributed by atoms with Gasteiger partial charge >= 0.3 is 0 Å². The predicted molar refractivity (Wildman–Crippen MR) is 46.6 cm³/mol. The van der Waals surface area contributed by atoms with Crippen LogP contribution < -0.4 is 5.73 Å². The molecule has 0 fully saturated rings. The van der Waals surface area contributed by atoms with Gasteiger partial charge in [0.05, 0.1) is 4.92 Å². The molecule has 68 valence electrons. The number of hydrogen-bond acceptors (Lipinski definition) is 3. The van der Waals surface area contributed by atoms with Crippen molar-refractivity contribution >= 4 is 23.2 Å². The Morgan fingerprint density at radius 3 is 2.54 bits per heavy atom. The van der Waals surface area contributed by atoms with Crippen LogP contribution in [0.4, 0.5) is 5.69 Å². The highest BCUT2D eigenvalue weighted by atomic mass is 35.5. The van der Waals surface area contributed by atoms with Crippen LogP contribution in [0.1, 0.15) is 10.4 Å². The number of hydrogen-bond donors (Lipinski definition) is 1. The highest BCUT2D eigenvalue weighted by Gasteiger charge is 2.13. The van der Waals surface area contributed by atoms with Crippen LogP contribution in [-0.2, 0) is 0 Å². The molecule has 0 atom stereocenters. The third kappa shape index (κ3) is 1.94. The summed E-state index contributed by atoms with van der Waals surface area (Å²) >= 11 is 5.52. The molecular formula is C7H5ClN2O3. The SMILES string of the molecule is NC(=O)c1ccc([N+](=O)[O-])c(Cl)c1. The molecule has 0 aliphatic heterocycles. The van der Waals surface area contributed by atoms with E-state index in [0.29, 0.717) is 0 Å². The summed E-state index contributed by atoms with van der Waals surface area (Å²) in [6.07, 6.45) is 0. The van der Waals surface area contributed by atoms with Crippen molar-refractivity contribution in [3.05, 3.63) is 38.9 Å². The van der Waals surface area contributed by atoms with Gasteiger partial charge in [-0.15, -0.1) is 0 Å². The van der Waals surface area contributed by atoms with Gasteiger partial charge in [0, 0.05) is 11.6 Å². The second kappa shape index (κ2) is 3.40. The number of benzene rings is 1. The maximum atomic E-state index is 10.6. The summed E-state index contributed by atoms with van der Waals surface area (Å²) in [4.78, 5) is 20.3. The van der Waals surface area contributed by atoms with Crippen LogP contribution in [-0.4, -0.2) is 10.8 Å². The summed E-state index contributed by atoms with van der Waals surface area (Å²) in [6.45, 7) is 0. The van der Waals surface area contributed by atoms with Gasteiger partial charge in [-0.25, -0.2) is 0 Å². The molecule has 1 aromatic rings. The molecule has 5 nitrogen and oxygen atoms in total. The smallest absolute Gasteiger partial charge is 0.287 e. The van der Waals surface area contributed by atoms with Crippen LogP contribution in [0.2, 0.25) is 5.02 Å². The minimum absolute atomic E-state index is 0.0960. The van der Waals surface area contributed by atoms with E-state index in [9.17, 15) is 14.9 Å². The van der Waals surface area contributed by atoms with Crippen molar-refractivity contribution in [1.29, 1.82) is 0 Å². The highest BCUT2D eigenvalue weighted by molar-refractivity contribution is 6.33. The number of rotatable bonds is 2. The van der Waals surface area contributed by atoms with E-state index >= 15 is 0 Å². The lowest BCUT2D eigenvalue weighted by Gasteiger charge is -1.97. The molecule has 13 heavy (non-hydrogen) atoms.